The predicted molar refractivity (Wildman–Crippen MR) is 86.5 cm³/mol. The van der Waals surface area contributed by atoms with E-state index >= 15 is 0 Å². The zero-order valence-corrected chi connectivity index (χ0v) is 14.7. The van der Waals surface area contributed by atoms with Gasteiger partial charge in [-0.3, -0.25) is 0 Å². The van der Waals surface area contributed by atoms with Crippen LogP contribution >= 0.6 is 0 Å². The van der Waals surface area contributed by atoms with Crippen LogP contribution in [0.25, 0.3) is 0 Å². The Morgan fingerprint density at radius 1 is 1.29 bits per heavy atom. The smallest absolute Gasteiger partial charge is 0.418 e. The van der Waals surface area contributed by atoms with Gasteiger partial charge in [0.05, 0.1) is 12.4 Å². The second kappa shape index (κ2) is 6.51. The number of alkyl halides is 3. The van der Waals surface area contributed by atoms with Crippen LogP contribution in [0.3, 0.4) is 0 Å². The van der Waals surface area contributed by atoms with E-state index in [1.54, 1.807) is 0 Å². The Kier molecular flexibility index (Phi) is 5.30. The number of halogens is 4. The molecule has 0 amide bonds. The van der Waals surface area contributed by atoms with Gasteiger partial charge in [0.2, 0.25) is 0 Å². The molecule has 1 unspecified atom stereocenters. The molecule has 0 radical (unpaired) electrons. The van der Waals surface area contributed by atoms with Crippen LogP contribution in [0.4, 0.5) is 17.6 Å². The molecule has 1 aromatic carbocycles. The van der Waals surface area contributed by atoms with Crippen LogP contribution in [0.15, 0.2) is 12.1 Å². The molecule has 0 fully saturated rings. The van der Waals surface area contributed by atoms with E-state index in [2.05, 4.69) is 11.2 Å². The highest BCUT2D eigenvalue weighted by Crippen LogP contribution is 2.45. The number of fused-ring (bicyclic) bond motifs is 1. The zero-order valence-electron chi connectivity index (χ0n) is 13.1. The highest BCUT2D eigenvalue weighted by Gasteiger charge is 2.56. The molecule has 24 heavy (non-hydrogen) atoms. The van der Waals surface area contributed by atoms with Gasteiger partial charge >= 0.3 is 6.18 Å². The molecular weight excluding hydrogens is 368 g/mol. The van der Waals surface area contributed by atoms with Crippen LogP contribution in [-0.2, 0) is 32.8 Å². The third-order valence-corrected chi connectivity index (χ3v) is 5.18. The molecule has 0 aromatic heterocycles. The van der Waals surface area contributed by atoms with Gasteiger partial charge in [0, 0.05) is 27.3 Å². The number of benzene rings is 1. The number of hydrogen-bond acceptors (Lipinski definition) is 3. The molecule has 0 bridgehead atoms. The highest BCUT2D eigenvalue weighted by molar-refractivity contribution is 8.25. The van der Waals surface area contributed by atoms with Gasteiger partial charge in [-0.05, 0) is 35.2 Å². The summed E-state index contributed by atoms with van der Waals surface area (Å²) in [5.74, 6) is -1.21. The first kappa shape index (κ1) is 19.6. The Labute approximate surface area is 144 Å². The summed E-state index contributed by atoms with van der Waals surface area (Å²) in [5.41, 5.74) is -3.57. The van der Waals surface area contributed by atoms with Crippen molar-refractivity contribution in [1.29, 1.82) is 0 Å². The van der Waals surface area contributed by atoms with E-state index in [0.717, 1.165) is 6.07 Å². The number of ether oxygens (including phenoxy) is 1. The van der Waals surface area contributed by atoms with Crippen molar-refractivity contribution in [2.45, 2.75) is 43.9 Å². The van der Waals surface area contributed by atoms with Crippen molar-refractivity contribution >= 4 is 20.9 Å². The van der Waals surface area contributed by atoms with Crippen LogP contribution in [0, 0.1) is 5.82 Å². The first-order valence-corrected chi connectivity index (χ1v) is 9.45. The SMILES string of the molecule is CC(C)(C[C@@](O)(CS(O)=S)C(F)(F)F)c1cc(F)cc2c1OCC2. The lowest BCUT2D eigenvalue weighted by molar-refractivity contribution is -0.257. The van der Waals surface area contributed by atoms with E-state index in [0.29, 0.717) is 24.3 Å². The van der Waals surface area contributed by atoms with E-state index in [1.807, 2.05) is 0 Å². The molecule has 1 aromatic rings. The van der Waals surface area contributed by atoms with E-state index < -0.39 is 44.9 Å². The summed E-state index contributed by atoms with van der Waals surface area (Å²) in [4.78, 5) is 0. The molecule has 0 saturated heterocycles. The van der Waals surface area contributed by atoms with Crippen LogP contribution in [0.2, 0.25) is 0 Å². The molecule has 136 valence electrons. The van der Waals surface area contributed by atoms with Gasteiger partial charge < -0.3 is 14.4 Å². The minimum Gasteiger partial charge on any atom is -0.493 e. The molecule has 0 saturated carbocycles. The summed E-state index contributed by atoms with van der Waals surface area (Å²) in [6, 6.07) is 2.43. The monoisotopic (exact) mass is 386 g/mol. The maximum Gasteiger partial charge on any atom is 0.418 e. The van der Waals surface area contributed by atoms with Crippen molar-refractivity contribution in [2.75, 3.05) is 12.4 Å². The number of aliphatic hydroxyl groups is 1. The molecule has 2 N–H and O–H groups in total. The largest absolute Gasteiger partial charge is 0.493 e. The average molecular weight is 386 g/mol. The summed E-state index contributed by atoms with van der Waals surface area (Å²) in [6.07, 6.45) is -5.27. The van der Waals surface area contributed by atoms with Gasteiger partial charge in [0.25, 0.3) is 0 Å². The van der Waals surface area contributed by atoms with Crippen LogP contribution in [0.5, 0.6) is 5.75 Å². The molecular formula is C15H18F4O3S2. The van der Waals surface area contributed by atoms with Gasteiger partial charge in [0.1, 0.15) is 11.6 Å². The Bertz CT molecular complexity index is 661. The Morgan fingerprint density at radius 2 is 1.92 bits per heavy atom. The fraction of sp³-hybridized carbons (Fsp3) is 0.600. The summed E-state index contributed by atoms with van der Waals surface area (Å²) < 4.78 is 68.6. The van der Waals surface area contributed by atoms with E-state index in [9.17, 15) is 27.2 Å². The van der Waals surface area contributed by atoms with Crippen molar-refractivity contribution in [3.63, 3.8) is 0 Å². The second-order valence-electron chi connectivity index (χ2n) is 6.60. The van der Waals surface area contributed by atoms with E-state index in [-0.39, 0.29) is 5.56 Å². The zero-order chi connectivity index (χ0) is 18.3. The van der Waals surface area contributed by atoms with Crippen molar-refractivity contribution in [3.8, 4) is 5.75 Å². The van der Waals surface area contributed by atoms with E-state index in [4.69, 9.17) is 4.74 Å². The first-order valence-electron chi connectivity index (χ1n) is 7.18. The summed E-state index contributed by atoms with van der Waals surface area (Å²) >= 11 is 4.44. The summed E-state index contributed by atoms with van der Waals surface area (Å²) in [6.45, 7) is 3.27. The predicted octanol–water partition coefficient (Wildman–Crippen LogP) is 3.27. The molecule has 1 heterocycles. The van der Waals surface area contributed by atoms with Crippen LogP contribution in [-0.4, -0.2) is 33.8 Å². The lowest BCUT2D eigenvalue weighted by atomic mass is 9.74. The molecule has 1 aliphatic heterocycles. The lowest BCUT2D eigenvalue weighted by Crippen LogP contribution is -2.52. The van der Waals surface area contributed by atoms with Gasteiger partial charge in [-0.1, -0.05) is 13.8 Å². The topological polar surface area (TPSA) is 49.7 Å². The van der Waals surface area contributed by atoms with Crippen molar-refractivity contribution in [3.05, 3.63) is 29.1 Å². The Balaban J connectivity index is 2.45. The minimum atomic E-state index is -4.98. The van der Waals surface area contributed by atoms with Gasteiger partial charge in [0.15, 0.2) is 5.60 Å². The summed E-state index contributed by atoms with van der Waals surface area (Å²) in [7, 11) is -2.02. The molecule has 9 heteroatoms. The maximum atomic E-state index is 13.8. The van der Waals surface area contributed by atoms with Crippen LogP contribution < -0.4 is 4.74 Å². The van der Waals surface area contributed by atoms with Gasteiger partial charge in [-0.2, -0.15) is 13.2 Å². The van der Waals surface area contributed by atoms with Crippen molar-refractivity contribution in [1.82, 2.24) is 0 Å². The average Bonchev–Trinajstić information content (AvgIpc) is 2.82. The third-order valence-electron chi connectivity index (χ3n) is 4.10. The Hall–Kier alpha value is -0.770. The van der Waals surface area contributed by atoms with Crippen LogP contribution in [0.1, 0.15) is 31.4 Å². The Morgan fingerprint density at radius 3 is 2.46 bits per heavy atom. The van der Waals surface area contributed by atoms with Gasteiger partial charge in [-0.15, -0.1) is 0 Å². The highest BCUT2D eigenvalue weighted by atomic mass is 32.8. The fourth-order valence-corrected chi connectivity index (χ4v) is 4.29. The lowest BCUT2D eigenvalue weighted by Gasteiger charge is -2.38. The molecule has 3 nitrogen and oxygen atoms in total. The molecule has 2 rings (SSSR count). The molecule has 0 spiro atoms. The first-order chi connectivity index (χ1) is 10.9. The third kappa shape index (κ3) is 3.89. The van der Waals surface area contributed by atoms with Crippen molar-refractivity contribution < 1.29 is 32.0 Å². The normalized spacial score (nSPS) is 18.7. The minimum absolute atomic E-state index is 0.264. The van der Waals surface area contributed by atoms with E-state index in [1.165, 1.54) is 19.9 Å². The molecule has 2 atom stereocenters. The molecule has 1 aliphatic rings. The quantitative estimate of drug-likeness (QED) is 0.763. The number of hydrogen-bond donors (Lipinski definition) is 2. The number of rotatable bonds is 5. The molecule has 0 aliphatic carbocycles. The standard InChI is InChI=1S/C15H18F4O3S2/c1-13(2,7-14(20,8-24(21)23)15(17,18)19)11-6-10(16)5-9-3-4-22-12(9)11/h5-6,20H,3-4,7-8H2,1-2H3,(H,21,23)/t14-,24?/m1/s1. The fourth-order valence-electron chi connectivity index (χ4n) is 3.04. The maximum absolute atomic E-state index is 13.8. The summed E-state index contributed by atoms with van der Waals surface area (Å²) in [5, 5.41) is 10.2. The van der Waals surface area contributed by atoms with Crippen molar-refractivity contribution in [2.24, 2.45) is 0 Å². The second-order valence-corrected chi connectivity index (χ2v) is 8.68. The van der Waals surface area contributed by atoms with Gasteiger partial charge in [-0.25, -0.2) is 4.39 Å².